The molecular weight excluding hydrogens is 252 g/mol. The maximum atomic E-state index is 5.14. The van der Waals surface area contributed by atoms with Crippen LogP contribution < -0.4 is 0 Å². The SMILES string of the molecule is Cc1noc(-c2cnc(C#Cc3ccccc3)n2C)n1. The average Bonchev–Trinajstić information content (AvgIpc) is 3.04. The van der Waals surface area contributed by atoms with Crippen LogP contribution in [0.5, 0.6) is 0 Å². The molecule has 0 fully saturated rings. The lowest BCUT2D eigenvalue weighted by molar-refractivity contribution is 0.423. The Kier molecular flexibility index (Phi) is 3.05. The van der Waals surface area contributed by atoms with Crippen LogP contribution in [-0.4, -0.2) is 19.7 Å². The van der Waals surface area contributed by atoms with Crippen LogP contribution in [0, 0.1) is 18.8 Å². The van der Waals surface area contributed by atoms with Gasteiger partial charge >= 0.3 is 0 Å². The summed E-state index contributed by atoms with van der Waals surface area (Å²) in [5, 5.41) is 3.77. The van der Waals surface area contributed by atoms with Crippen LogP contribution in [0.4, 0.5) is 0 Å². The van der Waals surface area contributed by atoms with Crippen molar-refractivity contribution < 1.29 is 4.52 Å². The normalized spacial score (nSPS) is 10.1. The number of aromatic nitrogens is 4. The summed E-state index contributed by atoms with van der Waals surface area (Å²) in [6.07, 6.45) is 1.68. The molecule has 0 aliphatic carbocycles. The minimum absolute atomic E-state index is 0.449. The van der Waals surface area contributed by atoms with Crippen molar-refractivity contribution in [2.24, 2.45) is 7.05 Å². The van der Waals surface area contributed by atoms with Gasteiger partial charge in [-0.2, -0.15) is 4.98 Å². The number of benzene rings is 1. The minimum Gasteiger partial charge on any atom is -0.332 e. The molecule has 0 atom stereocenters. The van der Waals surface area contributed by atoms with Crippen LogP contribution >= 0.6 is 0 Å². The first-order valence-electron chi connectivity index (χ1n) is 6.13. The van der Waals surface area contributed by atoms with Crippen molar-refractivity contribution in [3.8, 4) is 23.4 Å². The molecule has 5 nitrogen and oxygen atoms in total. The minimum atomic E-state index is 0.449. The van der Waals surface area contributed by atoms with E-state index in [1.165, 1.54) is 0 Å². The van der Waals surface area contributed by atoms with Crippen molar-refractivity contribution in [3.05, 3.63) is 53.7 Å². The molecule has 0 amide bonds. The summed E-state index contributed by atoms with van der Waals surface area (Å²) in [5.74, 6) is 7.81. The molecule has 20 heavy (non-hydrogen) atoms. The Labute approximate surface area is 116 Å². The molecule has 0 bridgehead atoms. The quantitative estimate of drug-likeness (QED) is 0.632. The predicted molar refractivity (Wildman–Crippen MR) is 73.7 cm³/mol. The molecule has 0 radical (unpaired) electrons. The molecule has 0 spiro atoms. The Bertz CT molecular complexity index is 790. The molecule has 0 N–H and O–H groups in total. The number of nitrogens with zero attached hydrogens (tertiary/aromatic N) is 4. The van der Waals surface area contributed by atoms with E-state index >= 15 is 0 Å². The van der Waals surface area contributed by atoms with E-state index in [9.17, 15) is 0 Å². The van der Waals surface area contributed by atoms with E-state index in [0.717, 1.165) is 11.3 Å². The second kappa shape index (κ2) is 5.02. The lowest BCUT2D eigenvalue weighted by atomic mass is 10.2. The summed E-state index contributed by atoms with van der Waals surface area (Å²) < 4.78 is 6.97. The van der Waals surface area contributed by atoms with Gasteiger partial charge in [-0.3, -0.25) is 0 Å². The molecule has 3 aromatic rings. The topological polar surface area (TPSA) is 56.7 Å². The summed E-state index contributed by atoms with van der Waals surface area (Å²) in [6, 6.07) is 9.78. The molecule has 3 rings (SSSR count). The number of imidazole rings is 1. The first-order valence-corrected chi connectivity index (χ1v) is 6.13. The van der Waals surface area contributed by atoms with Gasteiger partial charge in [0.1, 0.15) is 5.69 Å². The Hall–Kier alpha value is -2.87. The molecule has 0 unspecified atom stereocenters. The van der Waals surface area contributed by atoms with E-state index in [0.29, 0.717) is 17.5 Å². The molecule has 2 heterocycles. The smallest absolute Gasteiger partial charge is 0.276 e. The van der Waals surface area contributed by atoms with E-state index in [4.69, 9.17) is 4.52 Å². The third-order valence-electron chi connectivity index (χ3n) is 2.83. The number of aryl methyl sites for hydroxylation is 1. The maximum absolute atomic E-state index is 5.14. The Morgan fingerprint density at radius 3 is 2.65 bits per heavy atom. The summed E-state index contributed by atoms with van der Waals surface area (Å²) in [6.45, 7) is 1.78. The van der Waals surface area contributed by atoms with Crippen molar-refractivity contribution in [1.82, 2.24) is 19.7 Å². The van der Waals surface area contributed by atoms with Crippen LogP contribution in [-0.2, 0) is 7.05 Å². The second-order valence-corrected chi connectivity index (χ2v) is 4.29. The van der Waals surface area contributed by atoms with Crippen molar-refractivity contribution in [1.29, 1.82) is 0 Å². The Balaban J connectivity index is 1.94. The first-order chi connectivity index (χ1) is 9.74. The van der Waals surface area contributed by atoms with Crippen LogP contribution in [0.25, 0.3) is 11.6 Å². The lowest BCUT2D eigenvalue weighted by Gasteiger charge is -1.96. The Morgan fingerprint density at radius 1 is 1.15 bits per heavy atom. The van der Waals surface area contributed by atoms with Gasteiger partial charge in [-0.05, 0) is 25.0 Å². The second-order valence-electron chi connectivity index (χ2n) is 4.29. The van der Waals surface area contributed by atoms with Gasteiger partial charge in [0.15, 0.2) is 11.6 Å². The van der Waals surface area contributed by atoms with Crippen molar-refractivity contribution >= 4 is 0 Å². The molecule has 2 aromatic heterocycles. The maximum Gasteiger partial charge on any atom is 0.276 e. The van der Waals surface area contributed by atoms with Crippen LogP contribution in [0.1, 0.15) is 17.2 Å². The van der Waals surface area contributed by atoms with Crippen LogP contribution in [0.15, 0.2) is 41.1 Å². The largest absolute Gasteiger partial charge is 0.332 e. The van der Waals surface area contributed by atoms with Crippen molar-refractivity contribution in [2.45, 2.75) is 6.92 Å². The molecule has 0 saturated heterocycles. The molecular formula is C15H12N4O. The summed E-state index contributed by atoms with van der Waals surface area (Å²) >= 11 is 0. The van der Waals surface area contributed by atoms with E-state index in [1.807, 2.05) is 41.9 Å². The number of rotatable bonds is 1. The standard InChI is InChI=1S/C15H12N4O/c1-11-17-15(20-18-11)13-10-16-14(19(13)2)9-8-12-6-4-3-5-7-12/h3-7,10H,1-2H3. The molecule has 98 valence electrons. The van der Waals surface area contributed by atoms with Gasteiger partial charge in [0, 0.05) is 12.6 Å². The molecule has 0 aliphatic heterocycles. The van der Waals surface area contributed by atoms with Crippen LogP contribution in [0.2, 0.25) is 0 Å². The van der Waals surface area contributed by atoms with Crippen molar-refractivity contribution in [2.75, 3.05) is 0 Å². The molecule has 5 heteroatoms. The zero-order chi connectivity index (χ0) is 13.9. The molecule has 0 aliphatic rings. The van der Waals surface area contributed by atoms with E-state index in [2.05, 4.69) is 27.0 Å². The first kappa shape index (κ1) is 12.2. The van der Waals surface area contributed by atoms with E-state index in [1.54, 1.807) is 13.1 Å². The Morgan fingerprint density at radius 2 is 1.95 bits per heavy atom. The van der Waals surface area contributed by atoms with Crippen LogP contribution in [0.3, 0.4) is 0 Å². The molecule has 1 aromatic carbocycles. The fourth-order valence-electron chi connectivity index (χ4n) is 1.78. The third kappa shape index (κ3) is 2.31. The summed E-state index contributed by atoms with van der Waals surface area (Å²) in [4.78, 5) is 8.46. The van der Waals surface area contributed by atoms with Gasteiger partial charge in [0.05, 0.1) is 6.20 Å². The average molecular weight is 264 g/mol. The fourth-order valence-corrected chi connectivity index (χ4v) is 1.78. The lowest BCUT2D eigenvalue weighted by Crippen LogP contribution is -1.95. The van der Waals surface area contributed by atoms with Gasteiger partial charge in [0.25, 0.3) is 5.89 Å². The van der Waals surface area contributed by atoms with Gasteiger partial charge in [-0.1, -0.05) is 29.3 Å². The zero-order valence-corrected chi connectivity index (χ0v) is 11.2. The van der Waals surface area contributed by atoms with E-state index < -0.39 is 0 Å². The highest BCUT2D eigenvalue weighted by molar-refractivity contribution is 5.49. The summed E-state index contributed by atoms with van der Waals surface area (Å²) in [7, 11) is 1.87. The van der Waals surface area contributed by atoms with Gasteiger partial charge < -0.3 is 9.09 Å². The van der Waals surface area contributed by atoms with Gasteiger partial charge in [-0.15, -0.1) is 0 Å². The highest BCUT2D eigenvalue weighted by Gasteiger charge is 2.12. The summed E-state index contributed by atoms with van der Waals surface area (Å²) in [5.41, 5.74) is 1.70. The highest BCUT2D eigenvalue weighted by Crippen LogP contribution is 2.17. The number of hydrogen-bond donors (Lipinski definition) is 0. The van der Waals surface area contributed by atoms with Crippen molar-refractivity contribution in [3.63, 3.8) is 0 Å². The predicted octanol–water partition coefficient (Wildman–Crippen LogP) is 2.18. The molecule has 0 saturated carbocycles. The van der Waals surface area contributed by atoms with Gasteiger partial charge in [0.2, 0.25) is 0 Å². The van der Waals surface area contributed by atoms with Gasteiger partial charge in [-0.25, -0.2) is 4.98 Å². The fraction of sp³-hybridized carbons (Fsp3) is 0.133. The monoisotopic (exact) mass is 264 g/mol. The zero-order valence-electron chi connectivity index (χ0n) is 11.2. The van der Waals surface area contributed by atoms with E-state index in [-0.39, 0.29) is 0 Å². The number of hydrogen-bond acceptors (Lipinski definition) is 4. The highest BCUT2D eigenvalue weighted by atomic mass is 16.5. The third-order valence-corrected chi connectivity index (χ3v) is 2.83.